The number of hydrogen-bond acceptors (Lipinski definition) is 9. The molecule has 0 saturated heterocycles. The summed E-state index contributed by atoms with van der Waals surface area (Å²) in [5.41, 5.74) is 0. The molecular formula is C48H83O10P. The monoisotopic (exact) mass is 851 g/mol. The van der Waals surface area contributed by atoms with E-state index in [1.165, 1.54) is 64.2 Å². The number of aliphatic hydroxyl groups is 2. The van der Waals surface area contributed by atoms with Gasteiger partial charge in [-0.1, -0.05) is 157 Å². The first-order valence-electron chi connectivity index (χ1n) is 22.9. The quantitative estimate of drug-likeness (QED) is 0.0234. The number of phosphoric ester groups is 1. The maximum atomic E-state index is 12.6. The van der Waals surface area contributed by atoms with Crippen LogP contribution >= 0.6 is 7.82 Å². The molecule has 11 heteroatoms. The molecule has 0 saturated carbocycles. The van der Waals surface area contributed by atoms with Crippen LogP contribution in [-0.2, 0) is 32.7 Å². The van der Waals surface area contributed by atoms with Crippen molar-refractivity contribution < 1.29 is 47.8 Å². The molecule has 0 heterocycles. The second kappa shape index (κ2) is 43.5. The van der Waals surface area contributed by atoms with Crippen LogP contribution in [0.2, 0.25) is 0 Å². The third kappa shape index (κ3) is 43.3. The van der Waals surface area contributed by atoms with Crippen LogP contribution < -0.4 is 0 Å². The summed E-state index contributed by atoms with van der Waals surface area (Å²) in [6.45, 7) is 2.24. The Morgan fingerprint density at radius 2 is 0.915 bits per heavy atom. The summed E-state index contributed by atoms with van der Waals surface area (Å²) in [5, 5.41) is 18.4. The maximum absolute atomic E-state index is 12.6. The molecule has 0 rings (SSSR count). The number of carbonyl (C=O) groups excluding carboxylic acids is 2. The average Bonchev–Trinajstić information content (AvgIpc) is 3.22. The molecule has 0 amide bonds. The van der Waals surface area contributed by atoms with Crippen molar-refractivity contribution in [3.63, 3.8) is 0 Å². The van der Waals surface area contributed by atoms with Crippen molar-refractivity contribution in [2.24, 2.45) is 0 Å². The molecule has 3 N–H and O–H groups in total. The maximum Gasteiger partial charge on any atom is 0.472 e. The van der Waals surface area contributed by atoms with Crippen LogP contribution in [0.3, 0.4) is 0 Å². The van der Waals surface area contributed by atoms with Gasteiger partial charge in [-0.05, 0) is 83.5 Å². The molecular weight excluding hydrogens is 767 g/mol. The number of carbonyl (C=O) groups is 2. The van der Waals surface area contributed by atoms with Crippen LogP contribution in [0.15, 0.2) is 72.9 Å². The van der Waals surface area contributed by atoms with Crippen molar-refractivity contribution in [2.45, 2.75) is 193 Å². The highest BCUT2D eigenvalue weighted by Gasteiger charge is 2.27. The number of aliphatic hydroxyl groups excluding tert-OH is 2. The summed E-state index contributed by atoms with van der Waals surface area (Å²) in [7, 11) is -4.63. The topological polar surface area (TPSA) is 149 Å². The van der Waals surface area contributed by atoms with Gasteiger partial charge in [-0.2, -0.15) is 0 Å². The Hall–Kier alpha value is -2.59. The van der Waals surface area contributed by atoms with E-state index in [1.54, 1.807) is 0 Å². The fourth-order valence-corrected chi connectivity index (χ4v) is 6.57. The van der Waals surface area contributed by atoms with Crippen LogP contribution in [0.4, 0.5) is 0 Å². The second-order valence-corrected chi connectivity index (χ2v) is 16.5. The summed E-state index contributed by atoms with van der Waals surface area (Å²) < 4.78 is 32.7. The smallest absolute Gasteiger partial charge is 0.462 e. The van der Waals surface area contributed by atoms with Crippen molar-refractivity contribution >= 4 is 19.8 Å². The van der Waals surface area contributed by atoms with Gasteiger partial charge in [0.15, 0.2) is 6.10 Å². The Kier molecular flexibility index (Phi) is 41.6. The third-order valence-corrected chi connectivity index (χ3v) is 10.3. The first-order valence-corrected chi connectivity index (χ1v) is 24.4. The van der Waals surface area contributed by atoms with Gasteiger partial charge >= 0.3 is 19.8 Å². The van der Waals surface area contributed by atoms with Crippen LogP contribution in [0.25, 0.3) is 0 Å². The van der Waals surface area contributed by atoms with Crippen LogP contribution in [0, 0.1) is 0 Å². The molecule has 0 aliphatic heterocycles. The van der Waals surface area contributed by atoms with E-state index in [4.69, 9.17) is 23.6 Å². The van der Waals surface area contributed by atoms with E-state index in [-0.39, 0.29) is 19.4 Å². The number of phosphoric acid groups is 1. The number of hydrogen-bond donors (Lipinski definition) is 3. The standard InChI is InChI=1S/C48H83O10P/c1-3-5-7-9-11-13-15-17-19-21-22-24-25-27-29-31-33-35-37-39-47(51)55-43-46(44-57-59(53,54)56-42-45(50)41-49)58-48(52)40-38-36-34-32-30-28-26-23-20-18-16-14-12-10-8-6-4-2/h8,10-11,13-14,16-17,19-20,23,28,30,45-46,49-50H,3-7,9,12,15,18,21-22,24-27,29,31-44H2,1-2H3,(H,53,54)/b10-8+,13-11+,16-14+,19-17+,23-20+,30-28+/t45-,46+/m0/s1. The lowest BCUT2D eigenvalue weighted by Gasteiger charge is -2.20. The summed E-state index contributed by atoms with van der Waals surface area (Å²) in [4.78, 5) is 35.1. The molecule has 59 heavy (non-hydrogen) atoms. The zero-order valence-electron chi connectivity index (χ0n) is 36.9. The first-order chi connectivity index (χ1) is 28.7. The predicted molar refractivity (Wildman–Crippen MR) is 242 cm³/mol. The van der Waals surface area contributed by atoms with E-state index < -0.39 is 51.8 Å². The first kappa shape index (κ1) is 56.4. The molecule has 0 aliphatic carbocycles. The Bertz CT molecular complexity index is 1210. The minimum absolute atomic E-state index is 0.142. The zero-order chi connectivity index (χ0) is 43.3. The summed E-state index contributed by atoms with van der Waals surface area (Å²) in [6.07, 6.45) is 50.0. The van der Waals surface area contributed by atoms with Gasteiger partial charge in [-0.15, -0.1) is 0 Å². The normalized spacial score (nSPS) is 14.5. The van der Waals surface area contributed by atoms with Gasteiger partial charge in [0.1, 0.15) is 12.7 Å². The SMILES string of the molecule is CCC/C=C/C/C=C/C/C=C/C/C=C/CCCCCC(=O)O[C@H](COC(=O)CCCCCCCCCCC/C=C/C/C=C/CCCCC)COP(=O)(O)OC[C@@H](O)CO. The van der Waals surface area contributed by atoms with Gasteiger partial charge in [0.25, 0.3) is 0 Å². The number of allylic oxidation sites excluding steroid dienone is 12. The molecule has 0 spiro atoms. The van der Waals surface area contributed by atoms with E-state index in [0.29, 0.717) is 12.8 Å². The van der Waals surface area contributed by atoms with Gasteiger partial charge in [0.2, 0.25) is 0 Å². The lowest BCUT2D eigenvalue weighted by atomic mass is 10.1. The number of rotatable bonds is 42. The minimum atomic E-state index is -4.63. The Morgan fingerprint density at radius 1 is 0.508 bits per heavy atom. The largest absolute Gasteiger partial charge is 0.472 e. The molecule has 0 aromatic heterocycles. The van der Waals surface area contributed by atoms with Gasteiger partial charge < -0.3 is 24.6 Å². The third-order valence-electron chi connectivity index (χ3n) is 9.31. The summed E-state index contributed by atoms with van der Waals surface area (Å²) in [5.74, 6) is -0.970. The fourth-order valence-electron chi connectivity index (χ4n) is 5.78. The highest BCUT2D eigenvalue weighted by molar-refractivity contribution is 7.47. The molecule has 0 aromatic carbocycles. The molecule has 3 atom stereocenters. The minimum Gasteiger partial charge on any atom is -0.462 e. The highest BCUT2D eigenvalue weighted by Crippen LogP contribution is 2.43. The van der Waals surface area contributed by atoms with E-state index in [1.807, 2.05) is 0 Å². The molecule has 0 bridgehead atoms. The molecule has 0 radical (unpaired) electrons. The van der Waals surface area contributed by atoms with Crippen LogP contribution in [0.1, 0.15) is 181 Å². The number of esters is 2. The molecule has 0 fully saturated rings. The predicted octanol–water partition coefficient (Wildman–Crippen LogP) is 12.4. The molecule has 1 unspecified atom stereocenters. The lowest BCUT2D eigenvalue weighted by molar-refractivity contribution is -0.161. The number of unbranched alkanes of at least 4 members (excludes halogenated alkanes) is 16. The Morgan fingerprint density at radius 3 is 1.41 bits per heavy atom. The van der Waals surface area contributed by atoms with Crippen LogP contribution in [-0.4, -0.2) is 65.7 Å². The van der Waals surface area contributed by atoms with E-state index >= 15 is 0 Å². The number of ether oxygens (including phenoxy) is 2. The Labute approximate surface area is 358 Å². The second-order valence-electron chi connectivity index (χ2n) is 15.1. The Balaban J connectivity index is 4.33. The average molecular weight is 851 g/mol. The zero-order valence-corrected chi connectivity index (χ0v) is 37.8. The lowest BCUT2D eigenvalue weighted by Crippen LogP contribution is -2.29. The fraction of sp³-hybridized carbons (Fsp3) is 0.708. The van der Waals surface area contributed by atoms with Crippen molar-refractivity contribution in [1.29, 1.82) is 0 Å². The summed E-state index contributed by atoms with van der Waals surface area (Å²) in [6, 6.07) is 0. The van der Waals surface area contributed by atoms with Gasteiger partial charge in [-0.3, -0.25) is 18.6 Å². The van der Waals surface area contributed by atoms with Crippen molar-refractivity contribution in [3.8, 4) is 0 Å². The van der Waals surface area contributed by atoms with Gasteiger partial charge in [-0.25, -0.2) is 4.57 Å². The van der Waals surface area contributed by atoms with E-state index in [9.17, 15) is 24.2 Å². The van der Waals surface area contributed by atoms with Crippen molar-refractivity contribution in [1.82, 2.24) is 0 Å². The van der Waals surface area contributed by atoms with Crippen LogP contribution in [0.5, 0.6) is 0 Å². The van der Waals surface area contributed by atoms with Gasteiger partial charge in [0.05, 0.1) is 19.8 Å². The van der Waals surface area contributed by atoms with Gasteiger partial charge in [0, 0.05) is 12.8 Å². The van der Waals surface area contributed by atoms with E-state index in [0.717, 1.165) is 77.0 Å². The molecule has 10 nitrogen and oxygen atoms in total. The molecule has 0 aromatic rings. The molecule has 0 aliphatic rings. The van der Waals surface area contributed by atoms with Crippen molar-refractivity contribution in [3.05, 3.63) is 72.9 Å². The molecule has 340 valence electrons. The highest BCUT2D eigenvalue weighted by atomic mass is 31.2. The van der Waals surface area contributed by atoms with E-state index in [2.05, 4.69) is 86.8 Å². The van der Waals surface area contributed by atoms with Crippen molar-refractivity contribution in [2.75, 3.05) is 26.4 Å². The summed E-state index contributed by atoms with van der Waals surface area (Å²) >= 11 is 0.